The van der Waals surface area contributed by atoms with E-state index >= 15 is 0 Å². The summed E-state index contributed by atoms with van der Waals surface area (Å²) in [5.74, 6) is 3.47. The molecular weight excluding hydrogens is 388 g/mol. The van der Waals surface area contributed by atoms with Crippen LogP contribution in [-0.2, 0) is 8.85 Å². The van der Waals surface area contributed by atoms with E-state index in [1.165, 1.54) is 44.9 Å². The Balaban J connectivity index is 1.53. The number of fused-ring (bicyclic) bond motifs is 5. The van der Waals surface area contributed by atoms with Gasteiger partial charge in [-0.3, -0.25) is 0 Å². The zero-order valence-electron chi connectivity index (χ0n) is 20.4. The van der Waals surface area contributed by atoms with Gasteiger partial charge in [-0.2, -0.15) is 0 Å². The van der Waals surface area contributed by atoms with Gasteiger partial charge < -0.3 is 8.85 Å². The molecule has 0 radical (unpaired) electrons. The van der Waals surface area contributed by atoms with Crippen molar-refractivity contribution in [2.75, 3.05) is 0 Å². The van der Waals surface area contributed by atoms with Crippen LogP contribution in [0.3, 0.4) is 0 Å². The minimum atomic E-state index is -1.48. The van der Waals surface area contributed by atoms with Gasteiger partial charge in [-0.05, 0) is 119 Å². The maximum atomic E-state index is 6.76. The second kappa shape index (κ2) is 7.32. The van der Waals surface area contributed by atoms with E-state index in [0.717, 1.165) is 23.7 Å². The van der Waals surface area contributed by atoms with Crippen LogP contribution in [0.25, 0.3) is 0 Å². The van der Waals surface area contributed by atoms with Gasteiger partial charge in [-0.15, -0.1) is 0 Å². The molecule has 2 nitrogen and oxygen atoms in total. The van der Waals surface area contributed by atoms with Gasteiger partial charge in [0.05, 0.1) is 12.2 Å². The summed E-state index contributed by atoms with van der Waals surface area (Å²) in [6, 6.07) is 0. The molecule has 3 fully saturated rings. The number of allylic oxidation sites excluding steroid dienone is 1. The van der Waals surface area contributed by atoms with Crippen molar-refractivity contribution in [2.24, 2.45) is 34.5 Å². The molecule has 29 heavy (non-hydrogen) atoms. The molecule has 0 spiro atoms. The molecule has 0 amide bonds. The molecule has 4 aliphatic rings. The van der Waals surface area contributed by atoms with Crippen molar-refractivity contribution in [1.29, 1.82) is 0 Å². The zero-order chi connectivity index (χ0) is 21.2. The third kappa shape index (κ3) is 4.13. The van der Waals surface area contributed by atoms with Crippen LogP contribution in [0.5, 0.6) is 0 Å². The van der Waals surface area contributed by atoms with Crippen molar-refractivity contribution in [3.8, 4) is 0 Å². The predicted octanol–water partition coefficient (Wildman–Crippen LogP) is 7.25. The molecule has 0 aromatic carbocycles. The van der Waals surface area contributed by atoms with E-state index in [2.05, 4.69) is 65.3 Å². The summed E-state index contributed by atoms with van der Waals surface area (Å²) >= 11 is 0. The lowest BCUT2D eigenvalue weighted by Crippen LogP contribution is -2.54. The monoisotopic (exact) mass is 434 g/mol. The molecule has 0 aromatic heterocycles. The Morgan fingerprint density at radius 1 is 0.793 bits per heavy atom. The summed E-state index contributed by atoms with van der Waals surface area (Å²) in [6.07, 6.45) is 15.5. The van der Waals surface area contributed by atoms with E-state index < -0.39 is 16.6 Å². The van der Waals surface area contributed by atoms with Crippen LogP contribution in [-0.4, -0.2) is 28.8 Å². The second-order valence-corrected chi connectivity index (χ2v) is 22.1. The largest absolute Gasteiger partial charge is 0.414 e. The minimum absolute atomic E-state index is 0.367. The fourth-order valence-electron chi connectivity index (χ4n) is 7.89. The number of hydrogen-bond donors (Lipinski definition) is 0. The van der Waals surface area contributed by atoms with Gasteiger partial charge >= 0.3 is 0 Å². The lowest BCUT2D eigenvalue weighted by molar-refractivity contribution is -0.0958. The Labute approximate surface area is 182 Å². The summed E-state index contributed by atoms with van der Waals surface area (Å²) in [5, 5.41) is 0. The molecule has 4 heteroatoms. The van der Waals surface area contributed by atoms with E-state index in [-0.39, 0.29) is 0 Å². The Morgan fingerprint density at radius 3 is 2.14 bits per heavy atom. The van der Waals surface area contributed by atoms with Gasteiger partial charge in [0.1, 0.15) is 0 Å². The van der Waals surface area contributed by atoms with E-state index in [9.17, 15) is 0 Å². The molecule has 8 atom stereocenters. The van der Waals surface area contributed by atoms with Crippen LogP contribution in [0.15, 0.2) is 12.2 Å². The lowest BCUT2D eigenvalue weighted by atomic mass is 9.46. The van der Waals surface area contributed by atoms with Crippen molar-refractivity contribution in [3.05, 3.63) is 12.2 Å². The average molecular weight is 435 g/mol. The fraction of sp³-hybridized carbons (Fsp3) is 0.920. The molecule has 3 saturated carbocycles. The highest BCUT2D eigenvalue weighted by Gasteiger charge is 2.60. The summed E-state index contributed by atoms with van der Waals surface area (Å²) < 4.78 is 13.2. The van der Waals surface area contributed by atoms with E-state index in [1.807, 2.05) is 0 Å². The quantitative estimate of drug-likeness (QED) is 0.343. The molecule has 0 heterocycles. The van der Waals surface area contributed by atoms with E-state index in [0.29, 0.717) is 23.0 Å². The first kappa shape index (κ1) is 22.3. The summed E-state index contributed by atoms with van der Waals surface area (Å²) in [6.45, 7) is 19.3. The highest BCUT2D eigenvalue weighted by Crippen LogP contribution is 2.65. The smallest absolute Gasteiger partial charge is 0.184 e. The Morgan fingerprint density at radius 2 is 1.48 bits per heavy atom. The predicted molar refractivity (Wildman–Crippen MR) is 128 cm³/mol. The summed E-state index contributed by atoms with van der Waals surface area (Å²) in [5.41, 5.74) is 0.813. The third-order valence-electron chi connectivity index (χ3n) is 9.06. The van der Waals surface area contributed by atoms with Gasteiger partial charge in [0.25, 0.3) is 0 Å². The maximum Gasteiger partial charge on any atom is 0.184 e. The fourth-order valence-corrected chi connectivity index (χ4v) is 10.2. The average Bonchev–Trinajstić information content (AvgIpc) is 2.89. The molecule has 0 bridgehead atoms. The Kier molecular flexibility index (Phi) is 5.62. The maximum absolute atomic E-state index is 6.76. The van der Waals surface area contributed by atoms with Gasteiger partial charge in [-0.25, -0.2) is 0 Å². The summed E-state index contributed by atoms with van der Waals surface area (Å²) in [7, 11) is -2.96. The standard InChI is InChI=1S/C25H46O2Si2/c1-24-15-13-19(26-28(3,4)5)17-18(24)9-10-20-21-11-12-23(27-29(6,7)8)25(21,2)16-14-22(20)24/h13,15,18-23H,9-12,14,16-17H2,1-8H3/t18-,19+,20?,21?,22?,23+,24-,25-/m0/s1. The van der Waals surface area contributed by atoms with Gasteiger partial charge in [-0.1, -0.05) is 26.0 Å². The molecule has 4 aliphatic carbocycles. The van der Waals surface area contributed by atoms with Crippen LogP contribution >= 0.6 is 0 Å². The first-order chi connectivity index (χ1) is 13.3. The van der Waals surface area contributed by atoms with Crippen LogP contribution in [0.4, 0.5) is 0 Å². The van der Waals surface area contributed by atoms with Crippen molar-refractivity contribution in [1.82, 2.24) is 0 Å². The molecule has 4 rings (SSSR count). The van der Waals surface area contributed by atoms with Gasteiger partial charge in [0.15, 0.2) is 16.6 Å². The summed E-state index contributed by atoms with van der Waals surface area (Å²) in [4.78, 5) is 0. The zero-order valence-corrected chi connectivity index (χ0v) is 22.4. The Bertz CT molecular complexity index is 648. The van der Waals surface area contributed by atoms with Crippen molar-refractivity contribution >= 4 is 16.6 Å². The van der Waals surface area contributed by atoms with Crippen LogP contribution < -0.4 is 0 Å². The van der Waals surface area contributed by atoms with Gasteiger partial charge in [0.2, 0.25) is 0 Å². The first-order valence-electron chi connectivity index (χ1n) is 12.4. The molecule has 3 unspecified atom stereocenters. The molecule has 0 N–H and O–H groups in total. The third-order valence-corrected chi connectivity index (χ3v) is 11.1. The van der Waals surface area contributed by atoms with Crippen LogP contribution in [0.1, 0.15) is 58.8 Å². The van der Waals surface area contributed by atoms with Crippen LogP contribution in [0.2, 0.25) is 39.3 Å². The lowest BCUT2D eigenvalue weighted by Gasteiger charge is -2.59. The molecule has 0 aromatic rings. The minimum Gasteiger partial charge on any atom is -0.414 e. The normalized spacial score (nSPS) is 47.4. The molecule has 0 saturated heterocycles. The second-order valence-electron chi connectivity index (χ2n) is 13.2. The topological polar surface area (TPSA) is 18.5 Å². The number of rotatable bonds is 4. The van der Waals surface area contributed by atoms with Crippen LogP contribution in [0, 0.1) is 34.5 Å². The molecular formula is C25H46O2Si2. The SMILES string of the molecule is C[C@]12CCC3C(CC[C@H]4C[C@H](O[Si](C)(C)C)C=C[C@]34C)C1CC[C@H]2O[Si](C)(C)C. The van der Waals surface area contributed by atoms with Gasteiger partial charge in [0, 0.05) is 0 Å². The van der Waals surface area contributed by atoms with Crippen molar-refractivity contribution in [2.45, 2.75) is 110 Å². The van der Waals surface area contributed by atoms with Crippen molar-refractivity contribution in [3.63, 3.8) is 0 Å². The van der Waals surface area contributed by atoms with Crippen molar-refractivity contribution < 1.29 is 8.85 Å². The molecule has 166 valence electrons. The highest BCUT2D eigenvalue weighted by molar-refractivity contribution is 6.70. The molecule has 0 aliphatic heterocycles. The highest BCUT2D eigenvalue weighted by atomic mass is 28.4. The number of hydrogen-bond acceptors (Lipinski definition) is 2. The van der Waals surface area contributed by atoms with E-state index in [4.69, 9.17) is 8.85 Å². The Hall–Kier alpha value is 0.0938. The van der Waals surface area contributed by atoms with E-state index in [1.54, 1.807) is 0 Å². The first-order valence-corrected chi connectivity index (χ1v) is 19.2.